The van der Waals surface area contributed by atoms with Crippen molar-refractivity contribution in [2.45, 2.75) is 50.8 Å². The van der Waals surface area contributed by atoms with E-state index in [1.54, 1.807) is 18.1 Å². The van der Waals surface area contributed by atoms with E-state index in [0.717, 1.165) is 19.3 Å². The number of rotatable bonds is 3. The van der Waals surface area contributed by atoms with Crippen molar-refractivity contribution in [3.05, 3.63) is 11.9 Å². The smallest absolute Gasteiger partial charge is 0.276 e. The fraction of sp³-hybridized carbons (Fsp3) is 0.750. The second kappa shape index (κ2) is 5.02. The van der Waals surface area contributed by atoms with Crippen LogP contribution in [0.5, 0.6) is 0 Å². The molecule has 1 saturated carbocycles. The average molecular weight is 333 g/mol. The van der Waals surface area contributed by atoms with Crippen LogP contribution in [0.3, 0.4) is 0 Å². The van der Waals surface area contributed by atoms with E-state index in [-0.39, 0.29) is 29.3 Å². The Morgan fingerprint density at radius 3 is 2.75 bits per heavy atom. The minimum atomic E-state index is -0.625. The molecule has 5 rings (SSSR count). The molecule has 2 amide bonds. The Morgan fingerprint density at radius 1 is 1.42 bits per heavy atom. The van der Waals surface area contributed by atoms with Gasteiger partial charge in [0.2, 0.25) is 0 Å². The zero-order chi connectivity index (χ0) is 17.1. The number of likely N-dealkylation sites (tertiary alicyclic amines) is 1. The molecule has 4 aliphatic rings. The number of ether oxygens (including phenoxy) is 1. The van der Waals surface area contributed by atoms with Gasteiger partial charge in [0.25, 0.3) is 11.8 Å². The molecule has 4 fully saturated rings. The van der Waals surface area contributed by atoms with Crippen molar-refractivity contribution in [3.8, 4) is 0 Å². The molecule has 8 nitrogen and oxygen atoms in total. The Bertz CT molecular complexity index is 694. The van der Waals surface area contributed by atoms with Gasteiger partial charge in [-0.3, -0.25) is 14.3 Å². The monoisotopic (exact) mass is 333 g/mol. The lowest BCUT2D eigenvalue weighted by atomic mass is 9.63. The summed E-state index contributed by atoms with van der Waals surface area (Å²) in [4.78, 5) is 26.9. The molecule has 24 heavy (non-hydrogen) atoms. The minimum absolute atomic E-state index is 0.0246. The lowest BCUT2D eigenvalue weighted by Gasteiger charge is -2.41. The van der Waals surface area contributed by atoms with Crippen LogP contribution in [0.2, 0.25) is 0 Å². The second-order valence-corrected chi connectivity index (χ2v) is 7.94. The molecular formula is C16H23N5O3. The molecule has 2 unspecified atom stereocenters. The largest absolute Gasteiger partial charge is 0.365 e. The molecule has 1 aromatic rings. The van der Waals surface area contributed by atoms with Crippen LogP contribution < -0.4 is 5.32 Å². The predicted octanol–water partition coefficient (Wildman–Crippen LogP) is 0.103. The third kappa shape index (κ3) is 2.31. The number of fused-ring (bicyclic) bond motifs is 1. The maximum Gasteiger partial charge on any atom is 0.276 e. The number of carbonyl (C=O) groups is 2. The van der Waals surface area contributed by atoms with E-state index in [1.165, 1.54) is 4.68 Å². The quantitative estimate of drug-likeness (QED) is 0.848. The Labute approximate surface area is 140 Å². The van der Waals surface area contributed by atoms with Crippen molar-refractivity contribution in [3.63, 3.8) is 0 Å². The number of nitrogens with zero attached hydrogens (tertiary/aromatic N) is 4. The van der Waals surface area contributed by atoms with Crippen LogP contribution in [0.1, 0.15) is 43.6 Å². The van der Waals surface area contributed by atoms with Crippen LogP contribution in [0, 0.1) is 5.41 Å². The summed E-state index contributed by atoms with van der Waals surface area (Å²) in [5.41, 5.74) is -0.113. The molecule has 2 atom stereocenters. The van der Waals surface area contributed by atoms with Crippen LogP contribution in [0.25, 0.3) is 0 Å². The first-order chi connectivity index (χ1) is 11.3. The van der Waals surface area contributed by atoms with Gasteiger partial charge >= 0.3 is 0 Å². The third-order valence-electron chi connectivity index (χ3n) is 5.53. The number of aryl methyl sites for hydroxylation is 1. The van der Waals surface area contributed by atoms with Crippen LogP contribution in [0.15, 0.2) is 6.20 Å². The molecule has 2 bridgehead atoms. The second-order valence-electron chi connectivity index (χ2n) is 7.94. The van der Waals surface area contributed by atoms with E-state index in [4.69, 9.17) is 4.74 Å². The van der Waals surface area contributed by atoms with Crippen molar-refractivity contribution in [2.24, 2.45) is 12.5 Å². The van der Waals surface area contributed by atoms with Gasteiger partial charge in [-0.25, -0.2) is 0 Å². The highest BCUT2D eigenvalue weighted by molar-refractivity contribution is 5.92. The third-order valence-corrected chi connectivity index (χ3v) is 5.53. The van der Waals surface area contributed by atoms with E-state index < -0.39 is 5.60 Å². The fourth-order valence-corrected chi connectivity index (χ4v) is 4.40. The van der Waals surface area contributed by atoms with Gasteiger partial charge < -0.3 is 15.0 Å². The lowest BCUT2D eigenvalue weighted by Crippen LogP contribution is -2.56. The summed E-state index contributed by atoms with van der Waals surface area (Å²) >= 11 is 0. The first-order valence-corrected chi connectivity index (χ1v) is 8.43. The molecule has 3 aliphatic heterocycles. The summed E-state index contributed by atoms with van der Waals surface area (Å²) in [5.74, 6) is -0.165. The molecule has 0 radical (unpaired) electrons. The molecule has 0 aromatic carbocycles. The summed E-state index contributed by atoms with van der Waals surface area (Å²) < 4.78 is 7.26. The first kappa shape index (κ1) is 15.6. The molecule has 1 aliphatic carbocycles. The van der Waals surface area contributed by atoms with Crippen LogP contribution in [-0.2, 0) is 16.6 Å². The minimum Gasteiger partial charge on any atom is -0.365 e. The van der Waals surface area contributed by atoms with Crippen molar-refractivity contribution in [2.75, 3.05) is 13.2 Å². The Hall–Kier alpha value is -1.96. The lowest BCUT2D eigenvalue weighted by molar-refractivity contribution is -0.145. The van der Waals surface area contributed by atoms with Gasteiger partial charge in [-0.1, -0.05) is 12.1 Å². The van der Waals surface area contributed by atoms with Gasteiger partial charge in [-0.15, -0.1) is 5.10 Å². The van der Waals surface area contributed by atoms with E-state index in [1.807, 2.05) is 6.92 Å². The molecular weight excluding hydrogens is 310 g/mol. The fourth-order valence-electron chi connectivity index (χ4n) is 4.40. The van der Waals surface area contributed by atoms with E-state index in [2.05, 4.69) is 22.6 Å². The van der Waals surface area contributed by atoms with E-state index >= 15 is 0 Å². The van der Waals surface area contributed by atoms with Gasteiger partial charge in [0.1, 0.15) is 5.60 Å². The van der Waals surface area contributed by atoms with Crippen molar-refractivity contribution in [1.82, 2.24) is 25.2 Å². The molecule has 4 heterocycles. The maximum atomic E-state index is 12.6. The van der Waals surface area contributed by atoms with Crippen LogP contribution in [-0.4, -0.2) is 62.5 Å². The van der Waals surface area contributed by atoms with Gasteiger partial charge in [-0.05, 0) is 31.6 Å². The zero-order valence-corrected chi connectivity index (χ0v) is 14.3. The zero-order valence-electron chi connectivity index (χ0n) is 14.3. The molecule has 8 heteroatoms. The summed E-state index contributed by atoms with van der Waals surface area (Å²) in [7, 11) is 1.73. The van der Waals surface area contributed by atoms with Gasteiger partial charge in [0.05, 0.1) is 12.8 Å². The van der Waals surface area contributed by atoms with Crippen LogP contribution in [0.4, 0.5) is 0 Å². The number of carbonyl (C=O) groups excluding carboxylic acids is 2. The number of aromatic nitrogens is 3. The highest BCUT2D eigenvalue weighted by atomic mass is 16.5. The van der Waals surface area contributed by atoms with Gasteiger partial charge in [0.15, 0.2) is 5.69 Å². The summed E-state index contributed by atoms with van der Waals surface area (Å²) in [6.45, 7) is 5.31. The number of hydrogen-bond donors (Lipinski definition) is 1. The predicted molar refractivity (Wildman–Crippen MR) is 84.1 cm³/mol. The molecule has 1 N–H and O–H groups in total. The SMILES string of the molecule is CC1CC(NC(=O)C23CC(C)(CO2)C3)CN1C(=O)c1cn(C)nn1. The number of nitrogens with one attached hydrogen (secondary N) is 1. The highest BCUT2D eigenvalue weighted by Gasteiger charge is 2.64. The van der Waals surface area contributed by atoms with Crippen LogP contribution >= 0.6 is 0 Å². The van der Waals surface area contributed by atoms with E-state index in [0.29, 0.717) is 18.8 Å². The highest BCUT2D eigenvalue weighted by Crippen LogP contribution is 2.57. The van der Waals surface area contributed by atoms with Gasteiger partial charge in [0, 0.05) is 25.7 Å². The summed E-state index contributed by atoms with van der Waals surface area (Å²) in [6.07, 6.45) is 3.96. The number of hydrogen-bond acceptors (Lipinski definition) is 5. The molecule has 3 saturated heterocycles. The maximum absolute atomic E-state index is 12.6. The average Bonchev–Trinajstić information content (AvgIpc) is 3.22. The van der Waals surface area contributed by atoms with Crippen molar-refractivity contribution >= 4 is 11.8 Å². The van der Waals surface area contributed by atoms with Crippen molar-refractivity contribution in [1.29, 1.82) is 0 Å². The Balaban J connectivity index is 1.39. The topological polar surface area (TPSA) is 89.4 Å². The first-order valence-electron chi connectivity index (χ1n) is 8.43. The standard InChI is InChI=1S/C16H23N5O3/c1-10-4-11(5-21(10)13(22)12-6-20(3)19-18-12)17-14(23)16-7-15(2,8-16)9-24-16/h6,10-11H,4-5,7-9H2,1-3H3,(H,17,23). The Kier molecular flexibility index (Phi) is 3.25. The van der Waals surface area contributed by atoms with Crippen molar-refractivity contribution < 1.29 is 14.3 Å². The molecule has 0 spiro atoms. The Morgan fingerprint density at radius 2 is 2.17 bits per heavy atom. The molecule has 130 valence electrons. The normalized spacial score (nSPS) is 37.4. The van der Waals surface area contributed by atoms with Gasteiger partial charge in [-0.2, -0.15) is 0 Å². The summed E-state index contributed by atoms with van der Waals surface area (Å²) in [5, 5.41) is 10.8. The van der Waals surface area contributed by atoms with E-state index in [9.17, 15) is 9.59 Å². The number of amides is 2. The summed E-state index contributed by atoms with van der Waals surface area (Å²) in [6, 6.07) is 0.0111. The molecule has 1 aromatic heterocycles.